The van der Waals surface area contributed by atoms with E-state index in [9.17, 15) is 0 Å². The van der Waals surface area contributed by atoms with E-state index in [1.165, 1.54) is 42.0 Å². The van der Waals surface area contributed by atoms with Gasteiger partial charge in [0.15, 0.2) is 0 Å². The van der Waals surface area contributed by atoms with Gasteiger partial charge in [-0.1, -0.05) is 78.9 Å². The SMILES string of the molecule is c1ccc(N(c2ccc3c(ccc4oc5ccccc5c43)c2)c2cccc3c2sc2ccccc23)cc1. The molecular formula is C34H21NOS. The van der Waals surface area contributed by atoms with Crippen molar-refractivity contribution >= 4 is 81.3 Å². The van der Waals surface area contributed by atoms with E-state index in [4.69, 9.17) is 4.42 Å². The summed E-state index contributed by atoms with van der Waals surface area (Å²) < 4.78 is 8.75. The number of para-hydroxylation sites is 2. The van der Waals surface area contributed by atoms with Gasteiger partial charge in [-0.15, -0.1) is 11.3 Å². The summed E-state index contributed by atoms with van der Waals surface area (Å²) in [4.78, 5) is 2.38. The van der Waals surface area contributed by atoms with E-state index >= 15 is 0 Å². The van der Waals surface area contributed by atoms with Gasteiger partial charge in [0.2, 0.25) is 0 Å². The van der Waals surface area contributed by atoms with E-state index in [1.807, 2.05) is 23.5 Å². The van der Waals surface area contributed by atoms with Crippen molar-refractivity contribution in [3.8, 4) is 0 Å². The van der Waals surface area contributed by atoms with Gasteiger partial charge in [0.1, 0.15) is 11.2 Å². The topological polar surface area (TPSA) is 16.4 Å². The second kappa shape index (κ2) is 7.95. The number of thiophene rings is 1. The van der Waals surface area contributed by atoms with Crippen molar-refractivity contribution in [3.05, 3.63) is 127 Å². The highest BCUT2D eigenvalue weighted by molar-refractivity contribution is 7.26. The minimum Gasteiger partial charge on any atom is -0.456 e. The molecule has 0 atom stereocenters. The predicted octanol–water partition coefficient (Wildman–Crippen LogP) is 10.6. The van der Waals surface area contributed by atoms with E-state index < -0.39 is 0 Å². The third kappa shape index (κ3) is 3.11. The second-order valence-corrected chi connectivity index (χ2v) is 10.4. The average Bonchev–Trinajstić information content (AvgIpc) is 3.53. The predicted molar refractivity (Wildman–Crippen MR) is 159 cm³/mol. The molecule has 0 unspecified atom stereocenters. The summed E-state index contributed by atoms with van der Waals surface area (Å²) in [6.07, 6.45) is 0. The Morgan fingerprint density at radius 1 is 0.514 bits per heavy atom. The van der Waals surface area contributed by atoms with Gasteiger partial charge in [-0.05, 0) is 59.3 Å². The van der Waals surface area contributed by atoms with Crippen LogP contribution in [-0.4, -0.2) is 0 Å². The van der Waals surface area contributed by atoms with Crippen LogP contribution >= 0.6 is 11.3 Å². The number of benzene rings is 6. The molecule has 0 spiro atoms. The summed E-state index contributed by atoms with van der Waals surface area (Å²) >= 11 is 1.86. The Labute approximate surface area is 217 Å². The zero-order chi connectivity index (χ0) is 24.3. The van der Waals surface area contributed by atoms with Gasteiger partial charge in [0.25, 0.3) is 0 Å². The molecule has 8 aromatic rings. The number of fused-ring (bicyclic) bond motifs is 8. The monoisotopic (exact) mass is 491 g/mol. The zero-order valence-corrected chi connectivity index (χ0v) is 20.7. The Kier molecular flexibility index (Phi) is 4.42. The van der Waals surface area contributed by atoms with Crippen LogP contribution in [0.3, 0.4) is 0 Å². The van der Waals surface area contributed by atoms with Crippen LogP contribution in [0.1, 0.15) is 0 Å². The van der Waals surface area contributed by atoms with Crippen LogP contribution < -0.4 is 4.90 Å². The van der Waals surface area contributed by atoms with Gasteiger partial charge < -0.3 is 9.32 Å². The highest BCUT2D eigenvalue weighted by atomic mass is 32.1. The molecule has 174 valence electrons. The molecule has 0 saturated carbocycles. The summed E-state index contributed by atoms with van der Waals surface area (Å²) in [6.45, 7) is 0. The Bertz CT molecular complexity index is 2100. The first-order valence-electron chi connectivity index (χ1n) is 12.4. The lowest BCUT2D eigenvalue weighted by atomic mass is 10.0. The van der Waals surface area contributed by atoms with Gasteiger partial charge in [0, 0.05) is 37.6 Å². The fraction of sp³-hybridized carbons (Fsp3) is 0. The number of rotatable bonds is 3. The first-order chi connectivity index (χ1) is 18.3. The quantitative estimate of drug-likeness (QED) is 0.244. The summed E-state index contributed by atoms with van der Waals surface area (Å²) in [5.41, 5.74) is 5.32. The standard InChI is InChI=1S/C34H21NOS/c1-2-9-23(10-3-1)35(29-14-8-13-27-26-11-5-7-16-32(26)37-34(27)29)24-18-19-25-22(21-24)17-20-31-33(25)28-12-4-6-15-30(28)36-31/h1-21H. The van der Waals surface area contributed by atoms with Gasteiger partial charge in [0.05, 0.1) is 10.4 Å². The van der Waals surface area contributed by atoms with Crippen molar-refractivity contribution in [2.75, 3.05) is 4.90 Å². The molecule has 0 fully saturated rings. The molecule has 2 heterocycles. The van der Waals surface area contributed by atoms with E-state index in [0.29, 0.717) is 0 Å². The number of hydrogen-bond donors (Lipinski definition) is 0. The van der Waals surface area contributed by atoms with Crippen molar-refractivity contribution in [2.24, 2.45) is 0 Å². The van der Waals surface area contributed by atoms with Crippen molar-refractivity contribution in [1.29, 1.82) is 0 Å². The lowest BCUT2D eigenvalue weighted by Gasteiger charge is -2.26. The van der Waals surface area contributed by atoms with E-state index in [1.54, 1.807) is 0 Å². The molecule has 0 radical (unpaired) electrons. The summed E-state index contributed by atoms with van der Waals surface area (Å²) in [5, 5.41) is 7.35. The Morgan fingerprint density at radius 2 is 1.30 bits per heavy atom. The van der Waals surface area contributed by atoms with Gasteiger partial charge in [-0.25, -0.2) is 0 Å². The number of furan rings is 1. The first kappa shape index (κ1) is 20.6. The summed E-state index contributed by atoms with van der Waals surface area (Å²) in [7, 11) is 0. The van der Waals surface area contributed by atoms with Crippen LogP contribution in [0.15, 0.2) is 132 Å². The summed E-state index contributed by atoms with van der Waals surface area (Å²) in [6, 6.07) is 45.3. The minimum atomic E-state index is 0.927. The third-order valence-electron chi connectivity index (χ3n) is 7.24. The highest BCUT2D eigenvalue weighted by Crippen LogP contribution is 2.45. The normalized spacial score (nSPS) is 11.8. The number of anilines is 3. The minimum absolute atomic E-state index is 0.927. The van der Waals surface area contributed by atoms with Crippen molar-refractivity contribution in [1.82, 2.24) is 0 Å². The van der Waals surface area contributed by atoms with E-state index in [2.05, 4.69) is 120 Å². The fourth-order valence-electron chi connectivity index (χ4n) is 5.59. The van der Waals surface area contributed by atoms with Crippen molar-refractivity contribution in [3.63, 3.8) is 0 Å². The highest BCUT2D eigenvalue weighted by Gasteiger charge is 2.19. The Balaban J connectivity index is 1.40. The van der Waals surface area contributed by atoms with Crippen LogP contribution in [-0.2, 0) is 0 Å². The molecule has 3 heteroatoms. The molecule has 8 rings (SSSR count). The van der Waals surface area contributed by atoms with Gasteiger partial charge >= 0.3 is 0 Å². The molecule has 0 aliphatic carbocycles. The fourth-order valence-corrected chi connectivity index (χ4v) is 6.80. The van der Waals surface area contributed by atoms with E-state index in [0.717, 1.165) is 27.9 Å². The molecule has 6 aromatic carbocycles. The molecule has 0 saturated heterocycles. The van der Waals surface area contributed by atoms with Crippen LogP contribution in [0.4, 0.5) is 17.1 Å². The Morgan fingerprint density at radius 3 is 2.22 bits per heavy atom. The van der Waals surface area contributed by atoms with Crippen LogP contribution in [0, 0.1) is 0 Å². The van der Waals surface area contributed by atoms with Crippen molar-refractivity contribution in [2.45, 2.75) is 0 Å². The number of nitrogens with zero attached hydrogens (tertiary/aromatic N) is 1. The maximum atomic E-state index is 6.14. The van der Waals surface area contributed by atoms with Crippen molar-refractivity contribution < 1.29 is 4.42 Å². The van der Waals surface area contributed by atoms with Crippen LogP contribution in [0.5, 0.6) is 0 Å². The zero-order valence-electron chi connectivity index (χ0n) is 19.9. The molecule has 2 aromatic heterocycles. The van der Waals surface area contributed by atoms with E-state index in [-0.39, 0.29) is 0 Å². The maximum absolute atomic E-state index is 6.14. The second-order valence-electron chi connectivity index (χ2n) is 9.37. The lowest BCUT2D eigenvalue weighted by molar-refractivity contribution is 0.669. The van der Waals surface area contributed by atoms with Crippen LogP contribution in [0.25, 0.3) is 52.9 Å². The molecule has 0 amide bonds. The third-order valence-corrected chi connectivity index (χ3v) is 8.45. The first-order valence-corrected chi connectivity index (χ1v) is 13.3. The molecular weight excluding hydrogens is 470 g/mol. The van der Waals surface area contributed by atoms with Crippen LogP contribution in [0.2, 0.25) is 0 Å². The largest absolute Gasteiger partial charge is 0.456 e. The van der Waals surface area contributed by atoms with Gasteiger partial charge in [-0.3, -0.25) is 0 Å². The maximum Gasteiger partial charge on any atom is 0.136 e. The average molecular weight is 492 g/mol. The molecule has 0 aliphatic rings. The molecule has 0 bridgehead atoms. The molecule has 0 aliphatic heterocycles. The smallest absolute Gasteiger partial charge is 0.136 e. The Hall–Kier alpha value is -4.60. The molecule has 2 nitrogen and oxygen atoms in total. The molecule has 37 heavy (non-hydrogen) atoms. The lowest BCUT2D eigenvalue weighted by Crippen LogP contribution is -2.09. The summed E-state index contributed by atoms with van der Waals surface area (Å²) in [5.74, 6) is 0. The van der Waals surface area contributed by atoms with Gasteiger partial charge in [-0.2, -0.15) is 0 Å². The number of hydrogen-bond acceptors (Lipinski definition) is 3. The molecule has 0 N–H and O–H groups in total.